The number of hydrogen-bond donors (Lipinski definition) is 0. The molecular weight excluding hydrogens is 346 g/mol. The van der Waals surface area contributed by atoms with E-state index in [-0.39, 0.29) is 17.2 Å². The van der Waals surface area contributed by atoms with Crippen molar-refractivity contribution in [1.82, 2.24) is 4.90 Å². The maximum absolute atomic E-state index is 13.3. The van der Waals surface area contributed by atoms with Gasteiger partial charge in [-0.3, -0.25) is 4.79 Å². The minimum absolute atomic E-state index is 0.217. The zero-order chi connectivity index (χ0) is 18.6. The molecule has 138 valence electrons. The van der Waals surface area contributed by atoms with Crippen molar-refractivity contribution in [3.8, 4) is 0 Å². The van der Waals surface area contributed by atoms with Gasteiger partial charge in [0.25, 0.3) is 0 Å². The van der Waals surface area contributed by atoms with Gasteiger partial charge in [-0.25, -0.2) is 8.42 Å². The number of nitrogens with zero attached hydrogens (tertiary/aromatic N) is 1. The van der Waals surface area contributed by atoms with E-state index in [1.54, 1.807) is 48.5 Å². The van der Waals surface area contributed by atoms with E-state index in [2.05, 4.69) is 4.90 Å². The summed E-state index contributed by atoms with van der Waals surface area (Å²) in [6, 6.07) is 15.5. The highest BCUT2D eigenvalue weighted by atomic mass is 32.2. The highest BCUT2D eigenvalue weighted by Gasteiger charge is 2.36. The van der Waals surface area contributed by atoms with Crippen LogP contribution in [0.5, 0.6) is 0 Å². The van der Waals surface area contributed by atoms with Gasteiger partial charge in [-0.1, -0.05) is 54.4 Å². The summed E-state index contributed by atoms with van der Waals surface area (Å²) in [7, 11) is -3.76. The number of aryl methyl sites for hydroxylation is 1. The highest BCUT2D eigenvalue weighted by molar-refractivity contribution is 7.92. The quantitative estimate of drug-likeness (QED) is 0.729. The van der Waals surface area contributed by atoms with E-state index in [1.165, 1.54) is 6.42 Å². The van der Waals surface area contributed by atoms with Crippen molar-refractivity contribution in [2.24, 2.45) is 0 Å². The van der Waals surface area contributed by atoms with Crippen molar-refractivity contribution >= 4 is 15.6 Å². The average molecular weight is 372 g/mol. The van der Waals surface area contributed by atoms with Gasteiger partial charge in [-0.2, -0.15) is 0 Å². The SMILES string of the molecule is Cc1ccc(S(=O)(=O)[C@H](CN2CCCCC2)C(=O)c2ccccc2)cc1. The molecule has 0 radical (unpaired) electrons. The number of likely N-dealkylation sites (tertiary alicyclic amines) is 1. The molecule has 0 unspecified atom stereocenters. The third-order valence-corrected chi connectivity index (χ3v) is 6.99. The number of carbonyl (C=O) groups is 1. The number of sulfone groups is 1. The molecule has 4 nitrogen and oxygen atoms in total. The molecule has 1 aliphatic heterocycles. The number of carbonyl (C=O) groups excluding carboxylic acids is 1. The average Bonchev–Trinajstić information content (AvgIpc) is 2.67. The molecule has 3 rings (SSSR count). The van der Waals surface area contributed by atoms with Crippen molar-refractivity contribution in [2.75, 3.05) is 19.6 Å². The summed E-state index contributed by atoms with van der Waals surface area (Å²) < 4.78 is 26.6. The molecule has 0 bridgehead atoms. The van der Waals surface area contributed by atoms with Gasteiger partial charge in [0.05, 0.1) is 4.90 Å². The Morgan fingerprint density at radius 3 is 2.19 bits per heavy atom. The summed E-state index contributed by atoms with van der Waals surface area (Å²) in [6.07, 6.45) is 3.27. The maximum Gasteiger partial charge on any atom is 0.189 e. The number of rotatable bonds is 6. The molecule has 2 aromatic rings. The van der Waals surface area contributed by atoms with E-state index in [4.69, 9.17) is 0 Å². The van der Waals surface area contributed by atoms with Crippen LogP contribution in [0, 0.1) is 6.92 Å². The van der Waals surface area contributed by atoms with Crippen LogP contribution < -0.4 is 0 Å². The smallest absolute Gasteiger partial charge is 0.189 e. The molecule has 1 heterocycles. The number of benzene rings is 2. The van der Waals surface area contributed by atoms with Crippen molar-refractivity contribution in [1.29, 1.82) is 0 Å². The number of piperidine rings is 1. The second-order valence-electron chi connectivity index (χ2n) is 6.94. The molecule has 1 aliphatic rings. The first kappa shape index (κ1) is 18.8. The standard InChI is InChI=1S/C21H25NO3S/c1-17-10-12-19(13-11-17)26(24,25)20(16-22-14-6-3-7-15-22)21(23)18-8-4-2-5-9-18/h2,4-5,8-13,20H,3,6-7,14-16H2,1H3/t20-/m1/s1. The molecule has 0 aromatic heterocycles. The van der Waals surface area contributed by atoms with Crippen LogP contribution in [0.1, 0.15) is 35.2 Å². The van der Waals surface area contributed by atoms with Crippen molar-refractivity contribution in [2.45, 2.75) is 36.3 Å². The minimum Gasteiger partial charge on any atom is -0.302 e. The van der Waals surface area contributed by atoms with Crippen LogP contribution in [0.2, 0.25) is 0 Å². The molecule has 1 saturated heterocycles. The van der Waals surface area contributed by atoms with Crippen molar-refractivity contribution in [3.05, 3.63) is 65.7 Å². The fraction of sp³-hybridized carbons (Fsp3) is 0.381. The fourth-order valence-electron chi connectivity index (χ4n) is 3.38. The maximum atomic E-state index is 13.3. The summed E-state index contributed by atoms with van der Waals surface area (Å²) >= 11 is 0. The number of hydrogen-bond acceptors (Lipinski definition) is 4. The van der Waals surface area contributed by atoms with E-state index < -0.39 is 15.1 Å². The molecular formula is C21H25NO3S. The third kappa shape index (κ3) is 4.22. The van der Waals surface area contributed by atoms with Gasteiger partial charge in [0, 0.05) is 12.1 Å². The lowest BCUT2D eigenvalue weighted by Gasteiger charge is -2.29. The lowest BCUT2D eigenvalue weighted by Crippen LogP contribution is -2.44. The lowest BCUT2D eigenvalue weighted by atomic mass is 10.1. The molecule has 0 spiro atoms. The Kier molecular flexibility index (Phi) is 5.89. The van der Waals surface area contributed by atoms with Crippen LogP contribution in [-0.4, -0.2) is 44.0 Å². The Morgan fingerprint density at radius 2 is 1.58 bits per heavy atom. The van der Waals surface area contributed by atoms with Crippen LogP contribution >= 0.6 is 0 Å². The fourth-order valence-corrected chi connectivity index (χ4v) is 5.05. The van der Waals surface area contributed by atoms with Crippen LogP contribution in [0.25, 0.3) is 0 Å². The molecule has 5 heteroatoms. The van der Waals surface area contributed by atoms with E-state index in [0.29, 0.717) is 5.56 Å². The van der Waals surface area contributed by atoms with E-state index in [9.17, 15) is 13.2 Å². The Morgan fingerprint density at radius 1 is 0.962 bits per heavy atom. The van der Waals surface area contributed by atoms with Gasteiger partial charge in [0.1, 0.15) is 5.25 Å². The Hall–Kier alpha value is -1.98. The van der Waals surface area contributed by atoms with Gasteiger partial charge < -0.3 is 4.90 Å². The predicted molar refractivity (Wildman–Crippen MR) is 103 cm³/mol. The number of ketones is 1. The molecule has 2 aromatic carbocycles. The Labute approximate surface area is 155 Å². The van der Waals surface area contributed by atoms with Gasteiger partial charge in [0.15, 0.2) is 15.6 Å². The molecule has 1 atom stereocenters. The summed E-state index contributed by atoms with van der Waals surface area (Å²) in [5.74, 6) is -0.322. The molecule has 0 amide bonds. The van der Waals surface area contributed by atoms with Crippen LogP contribution in [0.4, 0.5) is 0 Å². The van der Waals surface area contributed by atoms with Crippen LogP contribution in [0.3, 0.4) is 0 Å². The van der Waals surface area contributed by atoms with E-state index in [0.717, 1.165) is 31.5 Å². The van der Waals surface area contributed by atoms with Gasteiger partial charge in [-0.05, 0) is 45.0 Å². The largest absolute Gasteiger partial charge is 0.302 e. The lowest BCUT2D eigenvalue weighted by molar-refractivity contribution is 0.0963. The second-order valence-corrected chi connectivity index (χ2v) is 9.07. The minimum atomic E-state index is -3.76. The highest BCUT2D eigenvalue weighted by Crippen LogP contribution is 2.22. The normalized spacial score (nSPS) is 17.0. The third-order valence-electron chi connectivity index (χ3n) is 4.95. The zero-order valence-corrected chi connectivity index (χ0v) is 15.9. The summed E-state index contributed by atoms with van der Waals surface area (Å²) in [4.78, 5) is 15.4. The van der Waals surface area contributed by atoms with Gasteiger partial charge >= 0.3 is 0 Å². The topological polar surface area (TPSA) is 54.5 Å². The van der Waals surface area contributed by atoms with Crippen LogP contribution in [-0.2, 0) is 9.84 Å². The van der Waals surface area contributed by atoms with Gasteiger partial charge in [-0.15, -0.1) is 0 Å². The first-order valence-electron chi connectivity index (χ1n) is 9.10. The van der Waals surface area contributed by atoms with Crippen molar-refractivity contribution < 1.29 is 13.2 Å². The summed E-state index contributed by atoms with van der Waals surface area (Å²) in [6.45, 7) is 3.87. The first-order valence-corrected chi connectivity index (χ1v) is 10.7. The summed E-state index contributed by atoms with van der Waals surface area (Å²) in [5, 5.41) is -1.08. The van der Waals surface area contributed by atoms with E-state index in [1.807, 2.05) is 13.0 Å². The molecule has 0 aliphatic carbocycles. The van der Waals surface area contributed by atoms with Crippen LogP contribution in [0.15, 0.2) is 59.5 Å². The Balaban J connectivity index is 1.95. The van der Waals surface area contributed by atoms with Gasteiger partial charge in [0.2, 0.25) is 0 Å². The summed E-state index contributed by atoms with van der Waals surface area (Å²) in [5.41, 5.74) is 1.44. The second kappa shape index (κ2) is 8.14. The molecule has 1 fully saturated rings. The molecule has 0 saturated carbocycles. The molecule has 0 N–H and O–H groups in total. The monoisotopic (exact) mass is 371 g/mol. The zero-order valence-electron chi connectivity index (χ0n) is 15.1. The Bertz CT molecular complexity index is 839. The first-order chi connectivity index (χ1) is 12.5. The van der Waals surface area contributed by atoms with Crippen molar-refractivity contribution in [3.63, 3.8) is 0 Å². The number of Topliss-reactive ketones (excluding diaryl/α,β-unsaturated/α-hetero) is 1. The molecule has 26 heavy (non-hydrogen) atoms. The van der Waals surface area contributed by atoms with E-state index >= 15 is 0 Å². The predicted octanol–water partition coefficient (Wildman–Crippen LogP) is 3.51.